The molecule has 1 fully saturated rings. The summed E-state index contributed by atoms with van der Waals surface area (Å²) in [6.07, 6.45) is 9.87. The minimum atomic E-state index is -0.475. The van der Waals surface area contributed by atoms with Crippen LogP contribution in [0.25, 0.3) is 0 Å². The Hall–Kier alpha value is -0.830. The molecule has 2 rings (SSSR count). The van der Waals surface area contributed by atoms with Crippen molar-refractivity contribution in [3.05, 3.63) is 18.2 Å². The van der Waals surface area contributed by atoms with E-state index in [1.165, 1.54) is 0 Å². The number of imidazole rings is 1. The molecule has 0 spiro atoms. The molecule has 0 saturated heterocycles. The molecule has 1 aromatic rings. The Morgan fingerprint density at radius 3 is 2.87 bits per heavy atom. The topological polar surface area (TPSA) is 38.0 Å². The SMILES string of the molecule is CCCn1ccnc1CC1(O)CCCC1. The van der Waals surface area contributed by atoms with Crippen molar-refractivity contribution < 1.29 is 5.11 Å². The number of hydrogen-bond acceptors (Lipinski definition) is 2. The molecule has 1 aliphatic carbocycles. The lowest BCUT2D eigenvalue weighted by atomic mass is 9.98. The first-order valence-electron chi connectivity index (χ1n) is 5.96. The molecule has 0 aliphatic heterocycles. The van der Waals surface area contributed by atoms with Gasteiger partial charge in [0, 0.05) is 25.4 Å². The number of aryl methyl sites for hydroxylation is 1. The molecule has 0 atom stereocenters. The largest absolute Gasteiger partial charge is 0.389 e. The first kappa shape index (κ1) is 10.7. The second kappa shape index (κ2) is 4.35. The van der Waals surface area contributed by atoms with E-state index < -0.39 is 5.60 Å². The third kappa shape index (κ3) is 2.40. The van der Waals surface area contributed by atoms with Crippen molar-refractivity contribution in [3.63, 3.8) is 0 Å². The zero-order chi connectivity index (χ0) is 10.7. The zero-order valence-corrected chi connectivity index (χ0v) is 9.45. The summed E-state index contributed by atoms with van der Waals surface area (Å²) in [5, 5.41) is 10.3. The Bertz CT molecular complexity index is 313. The van der Waals surface area contributed by atoms with E-state index in [4.69, 9.17) is 0 Å². The minimum absolute atomic E-state index is 0.475. The van der Waals surface area contributed by atoms with E-state index >= 15 is 0 Å². The predicted octanol–water partition coefficient (Wildman–Crippen LogP) is 2.14. The second-order valence-electron chi connectivity index (χ2n) is 4.65. The van der Waals surface area contributed by atoms with Crippen LogP contribution in [-0.2, 0) is 13.0 Å². The van der Waals surface area contributed by atoms with Gasteiger partial charge in [0.15, 0.2) is 0 Å². The average molecular weight is 208 g/mol. The van der Waals surface area contributed by atoms with Crippen LogP contribution >= 0.6 is 0 Å². The standard InChI is InChI=1S/C12H20N2O/c1-2-8-14-9-7-13-11(14)10-12(15)5-3-4-6-12/h7,9,15H,2-6,8,10H2,1H3. The lowest BCUT2D eigenvalue weighted by Crippen LogP contribution is -2.28. The van der Waals surface area contributed by atoms with Crippen LogP contribution in [-0.4, -0.2) is 20.3 Å². The highest BCUT2D eigenvalue weighted by molar-refractivity contribution is 5.00. The fourth-order valence-electron chi connectivity index (χ4n) is 2.46. The summed E-state index contributed by atoms with van der Waals surface area (Å²) >= 11 is 0. The molecule has 0 radical (unpaired) electrons. The van der Waals surface area contributed by atoms with E-state index in [0.29, 0.717) is 0 Å². The highest BCUT2D eigenvalue weighted by Crippen LogP contribution is 2.32. The van der Waals surface area contributed by atoms with Gasteiger partial charge < -0.3 is 9.67 Å². The van der Waals surface area contributed by atoms with Crippen LogP contribution in [0.3, 0.4) is 0 Å². The Labute approximate surface area is 91.1 Å². The van der Waals surface area contributed by atoms with Crippen molar-refractivity contribution in [1.29, 1.82) is 0 Å². The van der Waals surface area contributed by atoms with Gasteiger partial charge >= 0.3 is 0 Å². The van der Waals surface area contributed by atoms with Crippen LogP contribution in [0.5, 0.6) is 0 Å². The molecule has 15 heavy (non-hydrogen) atoms. The van der Waals surface area contributed by atoms with Gasteiger partial charge in [-0.15, -0.1) is 0 Å². The molecular formula is C12H20N2O. The van der Waals surface area contributed by atoms with Crippen LogP contribution in [0.2, 0.25) is 0 Å². The van der Waals surface area contributed by atoms with Gasteiger partial charge in [-0.1, -0.05) is 19.8 Å². The summed E-state index contributed by atoms with van der Waals surface area (Å²) < 4.78 is 2.16. The first-order valence-corrected chi connectivity index (χ1v) is 5.96. The quantitative estimate of drug-likeness (QED) is 0.823. The van der Waals surface area contributed by atoms with E-state index in [1.807, 2.05) is 12.4 Å². The Morgan fingerprint density at radius 2 is 2.20 bits per heavy atom. The summed E-state index contributed by atoms with van der Waals surface area (Å²) in [5.74, 6) is 1.04. The molecule has 3 nitrogen and oxygen atoms in total. The molecule has 3 heteroatoms. The van der Waals surface area contributed by atoms with Crippen molar-refractivity contribution in [3.8, 4) is 0 Å². The zero-order valence-electron chi connectivity index (χ0n) is 9.45. The molecule has 1 aliphatic rings. The lowest BCUT2D eigenvalue weighted by molar-refractivity contribution is 0.0453. The van der Waals surface area contributed by atoms with Crippen LogP contribution in [0, 0.1) is 0 Å². The summed E-state index contributed by atoms with van der Waals surface area (Å²) in [4.78, 5) is 4.35. The number of hydrogen-bond donors (Lipinski definition) is 1. The molecule has 84 valence electrons. The van der Waals surface area contributed by atoms with Gasteiger partial charge in [-0.05, 0) is 19.3 Å². The van der Waals surface area contributed by atoms with E-state index in [-0.39, 0.29) is 0 Å². The molecule has 0 bridgehead atoms. The normalized spacial score (nSPS) is 19.6. The van der Waals surface area contributed by atoms with Gasteiger partial charge in [-0.25, -0.2) is 4.98 Å². The molecule has 1 aromatic heterocycles. The van der Waals surface area contributed by atoms with Gasteiger partial charge in [0.2, 0.25) is 0 Å². The maximum absolute atomic E-state index is 10.3. The highest BCUT2D eigenvalue weighted by Gasteiger charge is 2.32. The van der Waals surface area contributed by atoms with Gasteiger partial charge in [0.25, 0.3) is 0 Å². The summed E-state index contributed by atoms with van der Waals surface area (Å²) in [6.45, 7) is 3.17. The van der Waals surface area contributed by atoms with Crippen molar-refractivity contribution in [2.75, 3.05) is 0 Å². The van der Waals surface area contributed by atoms with Crippen LogP contribution in [0.4, 0.5) is 0 Å². The van der Waals surface area contributed by atoms with E-state index in [1.54, 1.807) is 0 Å². The molecular weight excluding hydrogens is 188 g/mol. The minimum Gasteiger partial charge on any atom is -0.389 e. The molecule has 1 N–H and O–H groups in total. The van der Waals surface area contributed by atoms with Crippen LogP contribution < -0.4 is 0 Å². The van der Waals surface area contributed by atoms with Crippen molar-refractivity contribution in [1.82, 2.24) is 9.55 Å². The molecule has 0 unspecified atom stereocenters. The van der Waals surface area contributed by atoms with Gasteiger partial charge in [-0.2, -0.15) is 0 Å². The molecule has 0 aromatic carbocycles. The summed E-state index contributed by atoms with van der Waals surface area (Å²) in [6, 6.07) is 0. The average Bonchev–Trinajstić information content (AvgIpc) is 2.78. The summed E-state index contributed by atoms with van der Waals surface area (Å²) in [5.41, 5.74) is -0.475. The number of rotatable bonds is 4. The van der Waals surface area contributed by atoms with E-state index in [9.17, 15) is 5.11 Å². The smallest absolute Gasteiger partial charge is 0.111 e. The maximum Gasteiger partial charge on any atom is 0.111 e. The van der Waals surface area contributed by atoms with Crippen molar-refractivity contribution in [2.24, 2.45) is 0 Å². The van der Waals surface area contributed by atoms with E-state index in [2.05, 4.69) is 16.5 Å². The van der Waals surface area contributed by atoms with Crippen LogP contribution in [0.1, 0.15) is 44.9 Å². The number of aliphatic hydroxyl groups is 1. The highest BCUT2D eigenvalue weighted by atomic mass is 16.3. The molecule has 1 saturated carbocycles. The maximum atomic E-state index is 10.3. The lowest BCUT2D eigenvalue weighted by Gasteiger charge is -2.21. The number of nitrogens with zero attached hydrogens (tertiary/aromatic N) is 2. The first-order chi connectivity index (χ1) is 7.23. The predicted molar refractivity (Wildman–Crippen MR) is 59.6 cm³/mol. The van der Waals surface area contributed by atoms with Crippen LogP contribution in [0.15, 0.2) is 12.4 Å². The molecule has 1 heterocycles. The van der Waals surface area contributed by atoms with Gasteiger partial charge in [0.05, 0.1) is 5.60 Å². The Balaban J connectivity index is 2.06. The number of aromatic nitrogens is 2. The monoisotopic (exact) mass is 208 g/mol. The van der Waals surface area contributed by atoms with Gasteiger partial charge in [-0.3, -0.25) is 0 Å². The fraction of sp³-hybridized carbons (Fsp3) is 0.750. The molecule has 0 amide bonds. The van der Waals surface area contributed by atoms with E-state index in [0.717, 1.165) is 50.9 Å². The van der Waals surface area contributed by atoms with Crippen molar-refractivity contribution in [2.45, 2.75) is 57.6 Å². The second-order valence-corrected chi connectivity index (χ2v) is 4.65. The third-order valence-corrected chi connectivity index (χ3v) is 3.29. The summed E-state index contributed by atoms with van der Waals surface area (Å²) in [7, 11) is 0. The van der Waals surface area contributed by atoms with Gasteiger partial charge in [0.1, 0.15) is 5.82 Å². The Kier molecular flexibility index (Phi) is 3.10. The Morgan fingerprint density at radius 1 is 1.47 bits per heavy atom. The van der Waals surface area contributed by atoms with Crippen molar-refractivity contribution >= 4 is 0 Å². The third-order valence-electron chi connectivity index (χ3n) is 3.29. The fourth-order valence-corrected chi connectivity index (χ4v) is 2.46.